The fourth-order valence-corrected chi connectivity index (χ4v) is 4.76. The summed E-state index contributed by atoms with van der Waals surface area (Å²) in [5.41, 5.74) is 6.10. The molecule has 2 aliphatic heterocycles. The van der Waals surface area contributed by atoms with Gasteiger partial charge in [-0.2, -0.15) is 0 Å². The fraction of sp³-hybridized carbons (Fsp3) is 0.211. The molecule has 2 nitrogen and oxygen atoms in total. The molecule has 128 valence electrons. The first-order valence-electron chi connectivity index (χ1n) is 8.26. The van der Waals surface area contributed by atoms with Crippen molar-refractivity contribution in [3.8, 4) is 0 Å². The van der Waals surface area contributed by atoms with Gasteiger partial charge in [0.2, 0.25) is 0 Å². The number of rotatable bonds is 1. The zero-order chi connectivity index (χ0) is 18.1. The minimum atomic E-state index is -3.90. The molecule has 0 aliphatic carbocycles. The summed E-state index contributed by atoms with van der Waals surface area (Å²) >= 11 is 2.26. The summed E-state index contributed by atoms with van der Waals surface area (Å²) in [4.78, 5) is 0. The maximum Gasteiger partial charge on any atom is 0.737 e. The van der Waals surface area contributed by atoms with E-state index in [9.17, 15) is 0 Å². The van der Waals surface area contributed by atoms with Crippen LogP contribution in [0.2, 0.25) is 0 Å². The Hall–Kier alpha value is -1.70. The van der Waals surface area contributed by atoms with E-state index in [2.05, 4.69) is 28.7 Å². The van der Waals surface area contributed by atoms with E-state index in [-0.39, 0.29) is 0 Å². The van der Waals surface area contributed by atoms with Crippen LogP contribution in [-0.2, 0) is 0 Å². The third-order valence-corrected chi connectivity index (χ3v) is 5.72. The molecule has 0 fully saturated rings. The van der Waals surface area contributed by atoms with Crippen molar-refractivity contribution in [1.82, 2.24) is 4.48 Å². The highest BCUT2D eigenvalue weighted by atomic mass is 127. The molecule has 0 amide bonds. The van der Waals surface area contributed by atoms with Gasteiger partial charge < -0.3 is 17.6 Å². The second-order valence-corrected chi connectivity index (χ2v) is 8.09. The van der Waals surface area contributed by atoms with E-state index in [0.29, 0.717) is 22.8 Å². The zero-order valence-electron chi connectivity index (χ0n) is 14.6. The highest BCUT2D eigenvalue weighted by Gasteiger charge is 2.55. The van der Waals surface area contributed by atoms with Gasteiger partial charge >= 0.3 is 6.97 Å². The number of nitrogens with zero attached hydrogens (tertiary/aromatic N) is 2. The standard InChI is InChI=1S/C19H18BF2IN2/c1-11-8-13(3)24-18(11)17(15-6-5-7-16(23)10-15)19-12(2)9-14(4)25(19)20(24,21)22/h5-10H,1-4H3. The Morgan fingerprint density at radius 3 is 2.48 bits per heavy atom. The average molecular weight is 450 g/mol. The lowest BCUT2D eigenvalue weighted by atomic mass is 9.84. The molecule has 0 spiro atoms. The summed E-state index contributed by atoms with van der Waals surface area (Å²) in [6.07, 6.45) is 1.86. The van der Waals surface area contributed by atoms with Gasteiger partial charge in [-0.25, -0.2) is 0 Å². The highest BCUT2D eigenvalue weighted by molar-refractivity contribution is 14.1. The van der Waals surface area contributed by atoms with Crippen LogP contribution in [0.1, 0.15) is 36.4 Å². The van der Waals surface area contributed by atoms with Crippen LogP contribution >= 0.6 is 22.6 Å². The van der Waals surface area contributed by atoms with Gasteiger partial charge in [-0.05, 0) is 78.4 Å². The second kappa shape index (κ2) is 5.40. The molecule has 2 aliphatic rings. The van der Waals surface area contributed by atoms with Gasteiger partial charge in [0, 0.05) is 27.8 Å². The van der Waals surface area contributed by atoms with Gasteiger partial charge in [0.25, 0.3) is 0 Å². The fourth-order valence-electron chi connectivity index (χ4n) is 4.22. The Morgan fingerprint density at radius 2 is 1.80 bits per heavy atom. The lowest BCUT2D eigenvalue weighted by molar-refractivity contribution is -0.363. The van der Waals surface area contributed by atoms with Crippen molar-refractivity contribution in [2.75, 3.05) is 0 Å². The largest absolute Gasteiger partial charge is 0.737 e. The monoisotopic (exact) mass is 450 g/mol. The summed E-state index contributed by atoms with van der Waals surface area (Å²) < 4.78 is 34.5. The Morgan fingerprint density at radius 1 is 1.08 bits per heavy atom. The number of hydrogen-bond donors (Lipinski definition) is 0. The molecule has 2 aromatic rings. The molecule has 25 heavy (non-hydrogen) atoms. The normalized spacial score (nSPS) is 18.4. The first-order chi connectivity index (χ1) is 11.7. The topological polar surface area (TPSA) is 7.94 Å². The van der Waals surface area contributed by atoms with Gasteiger partial charge in [-0.15, -0.1) is 0 Å². The third kappa shape index (κ3) is 2.22. The quantitative estimate of drug-likeness (QED) is 0.420. The molecule has 1 aromatic heterocycles. The average Bonchev–Trinajstić information content (AvgIpc) is 2.97. The molecule has 0 unspecified atom stereocenters. The van der Waals surface area contributed by atoms with Crippen LogP contribution in [0.4, 0.5) is 8.63 Å². The Balaban J connectivity index is 2.19. The predicted molar refractivity (Wildman–Crippen MR) is 107 cm³/mol. The molecule has 0 saturated carbocycles. The molecule has 0 radical (unpaired) electrons. The molecule has 0 saturated heterocycles. The van der Waals surface area contributed by atoms with Crippen molar-refractivity contribution >= 4 is 40.8 Å². The molecular formula is C19H18BF2IN2. The van der Waals surface area contributed by atoms with E-state index >= 15 is 8.63 Å². The van der Waals surface area contributed by atoms with Crippen LogP contribution < -0.4 is 0 Å². The van der Waals surface area contributed by atoms with Crippen molar-refractivity contribution in [3.63, 3.8) is 0 Å². The summed E-state index contributed by atoms with van der Waals surface area (Å²) in [5.74, 6) is 0. The molecule has 4 rings (SSSR count). The van der Waals surface area contributed by atoms with Gasteiger partial charge in [0.15, 0.2) is 5.70 Å². The molecule has 0 atom stereocenters. The Labute approximate surface area is 159 Å². The van der Waals surface area contributed by atoms with Crippen LogP contribution in [-0.4, -0.2) is 21.6 Å². The summed E-state index contributed by atoms with van der Waals surface area (Å²) in [6.45, 7) is 3.45. The van der Waals surface area contributed by atoms with Gasteiger partial charge in [0.05, 0.1) is 5.57 Å². The molecule has 0 N–H and O–H groups in total. The van der Waals surface area contributed by atoms with Crippen molar-refractivity contribution in [1.29, 1.82) is 0 Å². The maximum atomic E-state index is 15.5. The first kappa shape index (κ1) is 16.8. The predicted octanol–water partition coefficient (Wildman–Crippen LogP) is 5.14. The van der Waals surface area contributed by atoms with Crippen LogP contribution in [0, 0.1) is 17.4 Å². The number of benzene rings is 1. The third-order valence-electron chi connectivity index (χ3n) is 5.05. The van der Waals surface area contributed by atoms with Crippen molar-refractivity contribution in [2.45, 2.75) is 27.7 Å². The van der Waals surface area contributed by atoms with Gasteiger partial charge in [0.1, 0.15) is 5.71 Å². The van der Waals surface area contributed by atoms with Crippen LogP contribution in [0.3, 0.4) is 0 Å². The SMILES string of the molecule is CC1=CC(C)=[N+]2C1=C(c1cccc(I)c1)c1c(C)cc(C)n1[B-]2(F)F. The van der Waals surface area contributed by atoms with E-state index in [1.807, 2.05) is 44.2 Å². The maximum absolute atomic E-state index is 15.5. The minimum absolute atomic E-state index is 0.594. The summed E-state index contributed by atoms with van der Waals surface area (Å²) in [7, 11) is 0. The first-order valence-corrected chi connectivity index (χ1v) is 9.34. The Bertz CT molecular complexity index is 1030. The number of halogens is 3. The summed E-state index contributed by atoms with van der Waals surface area (Å²) in [6, 6.07) is 9.92. The number of aryl methyl sites for hydroxylation is 2. The molecular weight excluding hydrogens is 432 g/mol. The molecule has 0 bridgehead atoms. The number of allylic oxidation sites excluding steroid dienone is 2. The molecule has 1 aromatic carbocycles. The minimum Gasteiger partial charge on any atom is -0.393 e. The van der Waals surface area contributed by atoms with Gasteiger partial charge in [-0.1, -0.05) is 12.1 Å². The van der Waals surface area contributed by atoms with E-state index in [4.69, 9.17) is 0 Å². The van der Waals surface area contributed by atoms with Crippen LogP contribution in [0.5, 0.6) is 0 Å². The van der Waals surface area contributed by atoms with Crippen LogP contribution in [0.25, 0.3) is 5.57 Å². The van der Waals surface area contributed by atoms with Crippen molar-refractivity contribution in [3.05, 3.63) is 73.8 Å². The highest BCUT2D eigenvalue weighted by Crippen LogP contribution is 2.44. The molecule has 6 heteroatoms. The second-order valence-electron chi connectivity index (χ2n) is 6.85. The lowest BCUT2D eigenvalue weighted by Gasteiger charge is -2.34. The van der Waals surface area contributed by atoms with E-state index in [0.717, 1.165) is 25.8 Å². The molecule has 3 heterocycles. The van der Waals surface area contributed by atoms with Crippen molar-refractivity contribution < 1.29 is 13.1 Å². The summed E-state index contributed by atoms with van der Waals surface area (Å²) in [5, 5.41) is 0. The Kier molecular flexibility index (Phi) is 3.62. The van der Waals surface area contributed by atoms with E-state index in [1.165, 1.54) is 8.96 Å². The lowest BCUT2D eigenvalue weighted by Crippen LogP contribution is -2.51. The van der Waals surface area contributed by atoms with Crippen molar-refractivity contribution in [2.24, 2.45) is 0 Å². The number of aromatic nitrogens is 1. The van der Waals surface area contributed by atoms with Crippen LogP contribution in [0.15, 0.2) is 47.7 Å². The van der Waals surface area contributed by atoms with E-state index in [1.54, 1.807) is 13.8 Å². The number of fused-ring (bicyclic) bond motifs is 2. The smallest absolute Gasteiger partial charge is 0.393 e. The zero-order valence-corrected chi connectivity index (χ0v) is 16.7. The van der Waals surface area contributed by atoms with Gasteiger partial charge in [-0.3, -0.25) is 0 Å². The van der Waals surface area contributed by atoms with E-state index < -0.39 is 6.97 Å². The number of hydrogen-bond acceptors (Lipinski definition) is 0.